The topological polar surface area (TPSA) is 59.8 Å². The monoisotopic (exact) mass is 424 g/mol. The lowest BCUT2D eigenvalue weighted by Gasteiger charge is -2.14. The number of aryl methyl sites for hydroxylation is 6. The van der Waals surface area contributed by atoms with E-state index >= 15 is 0 Å². The fraction of sp³-hybridized carbons (Fsp3) is 0.222. The Hall–Kier alpha value is -3.73. The number of nitrogens with one attached hydrogen (secondary N) is 1. The number of nitrogens with zero attached hydrogens (tertiary/aromatic N) is 3. The zero-order valence-corrected chi connectivity index (χ0v) is 19.4. The maximum Gasteiger partial charge on any atom is 0.275 e. The largest absolute Gasteiger partial charge is 0.305 e. The fourth-order valence-corrected chi connectivity index (χ4v) is 3.94. The highest BCUT2D eigenvalue weighted by molar-refractivity contribution is 6.03. The van der Waals surface area contributed by atoms with E-state index in [9.17, 15) is 4.79 Å². The van der Waals surface area contributed by atoms with Gasteiger partial charge in [0.05, 0.1) is 11.4 Å². The van der Waals surface area contributed by atoms with Crippen molar-refractivity contribution in [2.24, 2.45) is 0 Å². The van der Waals surface area contributed by atoms with Crippen LogP contribution in [0.2, 0.25) is 0 Å². The van der Waals surface area contributed by atoms with Crippen LogP contribution in [0.3, 0.4) is 0 Å². The summed E-state index contributed by atoms with van der Waals surface area (Å²) in [6.07, 6.45) is 0. The van der Waals surface area contributed by atoms with Gasteiger partial charge in [0.2, 0.25) is 0 Å². The second-order valence-corrected chi connectivity index (χ2v) is 8.41. The molecule has 0 radical (unpaired) electrons. The molecule has 1 N–H and O–H groups in total. The lowest BCUT2D eigenvalue weighted by Crippen LogP contribution is -2.19. The van der Waals surface area contributed by atoms with Gasteiger partial charge in [-0.1, -0.05) is 36.4 Å². The molecule has 2 heterocycles. The molecule has 162 valence electrons. The summed E-state index contributed by atoms with van der Waals surface area (Å²) in [4.78, 5) is 17.8. The molecule has 2 aromatic heterocycles. The SMILES string of the molecule is Cc1cc(C(=O)Nc2nc(C)c(C)cc2C)n(-c2ccc(-c3ccccc3C)cc2C)n1. The molecule has 0 atom stereocenters. The standard InChI is InChI=1S/C27H28N4O/c1-16-9-7-8-10-23(16)22-11-12-24(18(3)14-22)31-25(15-20(5)30-31)27(32)29-26-19(4)13-17(2)21(6)28-26/h7-15H,1-6H3,(H,28,29,32). The van der Waals surface area contributed by atoms with E-state index in [1.165, 1.54) is 11.1 Å². The Morgan fingerprint density at radius 1 is 0.812 bits per heavy atom. The van der Waals surface area contributed by atoms with Crippen molar-refractivity contribution in [1.29, 1.82) is 0 Å². The van der Waals surface area contributed by atoms with Gasteiger partial charge >= 0.3 is 0 Å². The number of carbonyl (C=O) groups excluding carboxylic acids is 1. The summed E-state index contributed by atoms with van der Waals surface area (Å²) >= 11 is 0. The van der Waals surface area contributed by atoms with E-state index in [1.807, 2.05) is 58.9 Å². The molecule has 0 fully saturated rings. The Labute approximate surface area is 189 Å². The van der Waals surface area contributed by atoms with E-state index in [0.717, 1.165) is 39.3 Å². The fourth-order valence-electron chi connectivity index (χ4n) is 3.94. The Bertz CT molecular complexity index is 1330. The average Bonchev–Trinajstić information content (AvgIpc) is 3.13. The van der Waals surface area contributed by atoms with E-state index in [-0.39, 0.29) is 5.91 Å². The first-order chi connectivity index (χ1) is 15.2. The van der Waals surface area contributed by atoms with Gasteiger partial charge in [0.15, 0.2) is 0 Å². The molecule has 0 aliphatic heterocycles. The number of carbonyl (C=O) groups is 1. The average molecular weight is 425 g/mol. The molecule has 0 bridgehead atoms. The minimum atomic E-state index is -0.230. The van der Waals surface area contributed by atoms with Crippen molar-refractivity contribution >= 4 is 11.7 Å². The Morgan fingerprint density at radius 3 is 2.28 bits per heavy atom. The summed E-state index contributed by atoms with van der Waals surface area (Å²) in [5.41, 5.74) is 9.70. The van der Waals surface area contributed by atoms with Gasteiger partial charge in [-0.2, -0.15) is 5.10 Å². The van der Waals surface area contributed by atoms with E-state index in [0.29, 0.717) is 11.5 Å². The number of amides is 1. The van der Waals surface area contributed by atoms with Crippen LogP contribution in [-0.2, 0) is 0 Å². The van der Waals surface area contributed by atoms with Crippen molar-refractivity contribution in [3.05, 3.63) is 93.9 Å². The molecule has 1 amide bonds. The van der Waals surface area contributed by atoms with Crippen molar-refractivity contribution in [2.75, 3.05) is 5.32 Å². The predicted octanol–water partition coefficient (Wildman–Crippen LogP) is 6.04. The first-order valence-electron chi connectivity index (χ1n) is 10.7. The Kier molecular flexibility index (Phi) is 5.66. The van der Waals surface area contributed by atoms with Crippen LogP contribution in [0, 0.1) is 41.5 Å². The molecule has 0 aliphatic carbocycles. The predicted molar refractivity (Wildman–Crippen MR) is 130 cm³/mol. The second-order valence-electron chi connectivity index (χ2n) is 8.41. The summed E-state index contributed by atoms with van der Waals surface area (Å²) in [6, 6.07) is 18.4. The number of anilines is 1. The molecule has 4 aromatic rings. The van der Waals surface area contributed by atoms with Gasteiger partial charge in [-0.3, -0.25) is 4.79 Å². The summed E-state index contributed by atoms with van der Waals surface area (Å²) < 4.78 is 1.72. The quantitative estimate of drug-likeness (QED) is 0.435. The van der Waals surface area contributed by atoms with Crippen LogP contribution < -0.4 is 5.32 Å². The lowest BCUT2D eigenvalue weighted by atomic mass is 9.98. The van der Waals surface area contributed by atoms with Gasteiger partial charge in [-0.15, -0.1) is 0 Å². The van der Waals surface area contributed by atoms with E-state index in [4.69, 9.17) is 0 Å². The van der Waals surface area contributed by atoms with Gasteiger partial charge in [0.1, 0.15) is 11.5 Å². The third-order valence-corrected chi connectivity index (χ3v) is 5.83. The highest BCUT2D eigenvalue weighted by Crippen LogP contribution is 2.27. The van der Waals surface area contributed by atoms with Crippen LogP contribution in [0.15, 0.2) is 54.6 Å². The minimum absolute atomic E-state index is 0.230. The molecule has 5 heteroatoms. The molecule has 5 nitrogen and oxygen atoms in total. The van der Waals surface area contributed by atoms with Gasteiger partial charge in [0, 0.05) is 5.69 Å². The lowest BCUT2D eigenvalue weighted by molar-refractivity contribution is 0.101. The van der Waals surface area contributed by atoms with Crippen molar-refractivity contribution in [3.63, 3.8) is 0 Å². The summed E-state index contributed by atoms with van der Waals surface area (Å²) in [5, 5.41) is 7.59. The summed E-state index contributed by atoms with van der Waals surface area (Å²) in [5.74, 6) is 0.349. The van der Waals surface area contributed by atoms with Gasteiger partial charge in [-0.05, 0) is 93.1 Å². The maximum atomic E-state index is 13.2. The Morgan fingerprint density at radius 2 is 1.56 bits per heavy atom. The van der Waals surface area contributed by atoms with Crippen LogP contribution in [0.5, 0.6) is 0 Å². The van der Waals surface area contributed by atoms with Crippen molar-refractivity contribution < 1.29 is 4.79 Å². The van der Waals surface area contributed by atoms with Gasteiger partial charge < -0.3 is 5.32 Å². The van der Waals surface area contributed by atoms with E-state index < -0.39 is 0 Å². The van der Waals surface area contributed by atoms with Crippen molar-refractivity contribution in [3.8, 4) is 16.8 Å². The van der Waals surface area contributed by atoms with Gasteiger partial charge in [-0.25, -0.2) is 9.67 Å². The van der Waals surface area contributed by atoms with Crippen molar-refractivity contribution in [2.45, 2.75) is 41.5 Å². The molecule has 2 aromatic carbocycles. The van der Waals surface area contributed by atoms with Crippen LogP contribution >= 0.6 is 0 Å². The molecule has 0 spiro atoms. The van der Waals surface area contributed by atoms with Crippen LogP contribution in [0.1, 0.15) is 44.1 Å². The minimum Gasteiger partial charge on any atom is -0.305 e. The normalized spacial score (nSPS) is 10.9. The van der Waals surface area contributed by atoms with Crippen molar-refractivity contribution in [1.82, 2.24) is 14.8 Å². The zero-order valence-electron chi connectivity index (χ0n) is 19.4. The third kappa shape index (κ3) is 4.06. The molecular weight excluding hydrogens is 396 g/mol. The number of hydrogen-bond acceptors (Lipinski definition) is 3. The molecule has 0 unspecified atom stereocenters. The summed E-state index contributed by atoms with van der Waals surface area (Å²) in [7, 11) is 0. The van der Waals surface area contributed by atoms with Crippen LogP contribution in [-0.4, -0.2) is 20.7 Å². The molecule has 32 heavy (non-hydrogen) atoms. The molecule has 4 rings (SSSR count). The molecule has 0 saturated carbocycles. The molecule has 0 saturated heterocycles. The number of pyridine rings is 1. The maximum absolute atomic E-state index is 13.2. The molecule has 0 aliphatic rings. The number of aromatic nitrogens is 3. The number of rotatable bonds is 4. The summed E-state index contributed by atoms with van der Waals surface area (Å²) in [6.45, 7) is 12.0. The number of hydrogen-bond donors (Lipinski definition) is 1. The smallest absolute Gasteiger partial charge is 0.275 e. The number of benzene rings is 2. The second kappa shape index (κ2) is 8.42. The van der Waals surface area contributed by atoms with E-state index in [2.05, 4.69) is 46.6 Å². The zero-order chi connectivity index (χ0) is 23.0. The van der Waals surface area contributed by atoms with Gasteiger partial charge in [0.25, 0.3) is 5.91 Å². The highest BCUT2D eigenvalue weighted by atomic mass is 16.2. The third-order valence-electron chi connectivity index (χ3n) is 5.83. The highest BCUT2D eigenvalue weighted by Gasteiger charge is 2.19. The van der Waals surface area contributed by atoms with Crippen LogP contribution in [0.25, 0.3) is 16.8 Å². The molecular formula is C27H28N4O. The van der Waals surface area contributed by atoms with E-state index in [1.54, 1.807) is 10.7 Å². The Balaban J connectivity index is 1.70. The first kappa shape index (κ1) is 21.5. The van der Waals surface area contributed by atoms with Crippen LogP contribution in [0.4, 0.5) is 5.82 Å². The first-order valence-corrected chi connectivity index (χ1v) is 10.7.